The van der Waals surface area contributed by atoms with Gasteiger partial charge in [-0.2, -0.15) is 0 Å². The van der Waals surface area contributed by atoms with Gasteiger partial charge >= 0.3 is 5.97 Å². The quantitative estimate of drug-likeness (QED) is 0.455. The minimum absolute atomic E-state index is 0.0113. The molecule has 10 unspecified atom stereocenters. The molecule has 0 aromatic heterocycles. The van der Waals surface area contributed by atoms with Gasteiger partial charge in [-0.3, -0.25) is 9.59 Å². The number of carbonyl (C=O) groups is 2. The fourth-order valence-corrected chi connectivity index (χ4v) is 10.5. The molecule has 0 radical (unpaired) electrons. The number of aliphatic hydroxyl groups is 2. The third-order valence-corrected chi connectivity index (χ3v) is 13.3. The lowest BCUT2D eigenvalue weighted by atomic mass is 9.33. The first-order valence-corrected chi connectivity index (χ1v) is 13.9. The van der Waals surface area contributed by atoms with Crippen LogP contribution in [0.15, 0.2) is 11.6 Å². The predicted molar refractivity (Wildman–Crippen MR) is 134 cm³/mol. The standard InChI is InChI=1S/C30H46O5/c1-25(24(34)35)15-19-18-7-8-21-27(3)11-10-22(32)28(4,17-31)20(27)9-12-30(21,6)29(18,5)14-13-26(19,2)23(33)16-25/h7,19-22,31-32H,8-17H2,1-6H3,(H,34,35). The maximum Gasteiger partial charge on any atom is 0.309 e. The van der Waals surface area contributed by atoms with Crippen molar-refractivity contribution >= 4 is 11.8 Å². The number of fused-ring (bicyclic) bond motifs is 7. The van der Waals surface area contributed by atoms with E-state index in [1.165, 1.54) is 5.57 Å². The average molecular weight is 487 g/mol. The lowest BCUT2D eigenvalue weighted by Gasteiger charge is -2.71. The van der Waals surface area contributed by atoms with Gasteiger partial charge in [-0.05, 0) is 92.3 Å². The van der Waals surface area contributed by atoms with E-state index >= 15 is 0 Å². The van der Waals surface area contributed by atoms with Crippen molar-refractivity contribution in [1.29, 1.82) is 0 Å². The van der Waals surface area contributed by atoms with Gasteiger partial charge in [0.2, 0.25) is 0 Å². The molecule has 0 spiro atoms. The summed E-state index contributed by atoms with van der Waals surface area (Å²) in [5, 5.41) is 31.3. The van der Waals surface area contributed by atoms with E-state index in [1.54, 1.807) is 6.92 Å². The second-order valence-corrected chi connectivity index (χ2v) is 14.7. The molecule has 4 fully saturated rings. The van der Waals surface area contributed by atoms with Crippen molar-refractivity contribution in [2.24, 2.45) is 50.2 Å². The highest BCUT2D eigenvalue weighted by Crippen LogP contribution is 2.75. The van der Waals surface area contributed by atoms with Crippen LogP contribution in [-0.2, 0) is 9.59 Å². The van der Waals surface area contributed by atoms with Crippen LogP contribution in [0, 0.1) is 50.2 Å². The highest BCUT2D eigenvalue weighted by molar-refractivity contribution is 5.92. The number of rotatable bonds is 2. The maximum atomic E-state index is 13.4. The number of hydrogen-bond acceptors (Lipinski definition) is 4. The van der Waals surface area contributed by atoms with Crippen LogP contribution in [0.25, 0.3) is 0 Å². The first-order valence-electron chi connectivity index (χ1n) is 13.9. The van der Waals surface area contributed by atoms with Gasteiger partial charge < -0.3 is 15.3 Å². The van der Waals surface area contributed by atoms with Gasteiger partial charge in [0, 0.05) is 17.3 Å². The number of allylic oxidation sites excluding steroid dienone is 2. The van der Waals surface area contributed by atoms with Gasteiger partial charge in [-0.1, -0.05) is 46.3 Å². The summed E-state index contributed by atoms with van der Waals surface area (Å²) in [5.41, 5.74) is -0.566. The Morgan fingerprint density at radius 2 is 1.69 bits per heavy atom. The minimum atomic E-state index is -0.996. The smallest absolute Gasteiger partial charge is 0.309 e. The summed E-state index contributed by atoms with van der Waals surface area (Å²) in [7, 11) is 0. The van der Waals surface area contributed by atoms with E-state index in [1.807, 2.05) is 0 Å². The molecular weight excluding hydrogens is 440 g/mol. The molecule has 5 aliphatic rings. The van der Waals surface area contributed by atoms with Crippen molar-refractivity contribution in [3.63, 3.8) is 0 Å². The number of carboxylic acids is 1. The Balaban J connectivity index is 1.59. The second-order valence-electron chi connectivity index (χ2n) is 14.7. The monoisotopic (exact) mass is 486 g/mol. The number of ketones is 1. The number of carboxylic acid groups (broad SMARTS) is 1. The maximum absolute atomic E-state index is 13.4. The molecule has 5 heteroatoms. The molecule has 0 aromatic carbocycles. The molecule has 0 bridgehead atoms. The number of hydrogen-bond donors (Lipinski definition) is 3. The van der Waals surface area contributed by atoms with Crippen LogP contribution in [0.4, 0.5) is 0 Å². The van der Waals surface area contributed by atoms with Crippen molar-refractivity contribution in [1.82, 2.24) is 0 Å². The molecule has 3 N–H and O–H groups in total. The zero-order valence-electron chi connectivity index (χ0n) is 22.6. The van der Waals surface area contributed by atoms with Crippen LogP contribution in [0.3, 0.4) is 0 Å². The molecule has 4 saturated carbocycles. The van der Waals surface area contributed by atoms with E-state index < -0.39 is 28.3 Å². The van der Waals surface area contributed by atoms with E-state index in [4.69, 9.17) is 0 Å². The Labute approximate surface area is 210 Å². The Morgan fingerprint density at radius 3 is 2.31 bits per heavy atom. The fourth-order valence-electron chi connectivity index (χ4n) is 10.5. The zero-order chi connectivity index (χ0) is 25.8. The summed E-state index contributed by atoms with van der Waals surface area (Å²) in [4.78, 5) is 25.7. The van der Waals surface area contributed by atoms with Gasteiger partial charge in [0.15, 0.2) is 0 Å². The Hall–Kier alpha value is -1.20. The number of aliphatic hydroxyl groups excluding tert-OH is 2. The predicted octanol–water partition coefficient (Wildman–Crippen LogP) is 5.39. The molecule has 5 rings (SSSR count). The Kier molecular flexibility index (Phi) is 5.40. The van der Waals surface area contributed by atoms with Crippen molar-refractivity contribution in [2.75, 3.05) is 6.61 Å². The fraction of sp³-hybridized carbons (Fsp3) is 0.867. The Morgan fingerprint density at radius 1 is 1.00 bits per heavy atom. The summed E-state index contributed by atoms with van der Waals surface area (Å²) in [6, 6.07) is 0. The third-order valence-electron chi connectivity index (χ3n) is 13.3. The molecule has 5 aliphatic carbocycles. The first-order chi connectivity index (χ1) is 16.1. The summed E-state index contributed by atoms with van der Waals surface area (Å²) in [5.74, 6) is -0.0127. The molecule has 10 atom stereocenters. The molecule has 0 aromatic rings. The molecule has 0 heterocycles. The molecule has 196 valence electrons. The van der Waals surface area contributed by atoms with Crippen molar-refractivity contribution in [2.45, 2.75) is 105 Å². The van der Waals surface area contributed by atoms with Gasteiger partial charge in [-0.25, -0.2) is 0 Å². The molecule has 35 heavy (non-hydrogen) atoms. The van der Waals surface area contributed by atoms with Gasteiger partial charge in [-0.15, -0.1) is 0 Å². The zero-order valence-corrected chi connectivity index (χ0v) is 22.6. The summed E-state index contributed by atoms with van der Waals surface area (Å²) in [6.45, 7) is 13.3. The van der Waals surface area contributed by atoms with Crippen LogP contribution >= 0.6 is 0 Å². The second kappa shape index (κ2) is 7.43. The van der Waals surface area contributed by atoms with Crippen LogP contribution in [0.5, 0.6) is 0 Å². The molecule has 0 amide bonds. The number of carbonyl (C=O) groups excluding carboxylic acids is 1. The summed E-state index contributed by atoms with van der Waals surface area (Å²) < 4.78 is 0. The topological polar surface area (TPSA) is 94.8 Å². The largest absolute Gasteiger partial charge is 0.481 e. The van der Waals surface area contributed by atoms with Crippen LogP contribution in [-0.4, -0.2) is 39.8 Å². The third kappa shape index (κ3) is 2.94. The number of aliphatic carboxylic acids is 1. The van der Waals surface area contributed by atoms with Crippen LogP contribution in [0.1, 0.15) is 99.3 Å². The Bertz CT molecular complexity index is 987. The highest BCUT2D eigenvalue weighted by Gasteiger charge is 2.69. The van der Waals surface area contributed by atoms with E-state index in [9.17, 15) is 24.9 Å². The van der Waals surface area contributed by atoms with Crippen molar-refractivity contribution < 1.29 is 24.9 Å². The van der Waals surface area contributed by atoms with Crippen molar-refractivity contribution in [3.05, 3.63) is 11.6 Å². The van der Waals surface area contributed by atoms with Crippen LogP contribution in [0.2, 0.25) is 0 Å². The lowest BCUT2D eigenvalue weighted by molar-refractivity contribution is -0.215. The SMILES string of the molecule is CC1(C(=O)O)CC(=O)C2(C)CCC3(C)C(=CCC4C5(C)CCC(O)C(C)(CO)C5CCC43C)C2C1. The summed E-state index contributed by atoms with van der Waals surface area (Å²) in [6.07, 6.45) is 9.13. The lowest BCUT2D eigenvalue weighted by Crippen LogP contribution is -2.66. The average Bonchev–Trinajstić information content (AvgIpc) is 2.79. The molecule has 0 saturated heterocycles. The van der Waals surface area contributed by atoms with Gasteiger partial charge in [0.05, 0.1) is 18.1 Å². The molecular formula is C30H46O5. The van der Waals surface area contributed by atoms with Gasteiger partial charge in [0.25, 0.3) is 0 Å². The van der Waals surface area contributed by atoms with E-state index in [2.05, 4.69) is 40.7 Å². The summed E-state index contributed by atoms with van der Waals surface area (Å²) >= 11 is 0. The normalized spacial score (nSPS) is 55.7. The van der Waals surface area contributed by atoms with Crippen molar-refractivity contribution in [3.8, 4) is 0 Å². The van der Waals surface area contributed by atoms with Gasteiger partial charge in [0.1, 0.15) is 5.78 Å². The van der Waals surface area contributed by atoms with E-state index in [0.29, 0.717) is 12.3 Å². The van der Waals surface area contributed by atoms with E-state index in [0.717, 1.165) is 44.9 Å². The molecule has 5 nitrogen and oxygen atoms in total. The molecule has 0 aliphatic heterocycles. The van der Waals surface area contributed by atoms with Crippen LogP contribution < -0.4 is 0 Å². The number of Topliss-reactive ketones (excluding diaryl/α,β-unsaturated/α-hetero) is 1. The van der Waals surface area contributed by atoms with E-state index in [-0.39, 0.29) is 46.9 Å². The first kappa shape index (κ1) is 25.4. The minimum Gasteiger partial charge on any atom is -0.481 e. The highest BCUT2D eigenvalue weighted by atomic mass is 16.4.